The van der Waals surface area contributed by atoms with Crippen LogP contribution < -0.4 is 5.32 Å². The summed E-state index contributed by atoms with van der Waals surface area (Å²) in [5.41, 5.74) is 0.283. The Morgan fingerprint density at radius 3 is 2.23 bits per heavy atom. The topological polar surface area (TPSA) is 71.3 Å². The van der Waals surface area contributed by atoms with E-state index in [-0.39, 0.29) is 29.2 Å². The summed E-state index contributed by atoms with van der Waals surface area (Å²) in [6, 6.07) is 0.199. The van der Waals surface area contributed by atoms with Crippen molar-refractivity contribution in [3.63, 3.8) is 0 Å². The van der Waals surface area contributed by atoms with Crippen molar-refractivity contribution in [1.82, 2.24) is 20.4 Å². The predicted molar refractivity (Wildman–Crippen MR) is 106 cm³/mol. The monoisotopic (exact) mass is 440 g/mol. The first-order valence-corrected chi connectivity index (χ1v) is 11.6. The fraction of sp³-hybridized carbons (Fsp3) is 0.864. The zero-order valence-electron chi connectivity index (χ0n) is 18.0. The number of halogens is 3. The highest BCUT2D eigenvalue weighted by Gasteiger charge is 2.53. The van der Waals surface area contributed by atoms with Crippen molar-refractivity contribution in [2.75, 3.05) is 19.6 Å². The lowest BCUT2D eigenvalue weighted by Crippen LogP contribution is -2.56. The molecule has 6 rings (SSSR count). The number of likely N-dealkylation sites (tertiary alicyclic amines) is 1. The van der Waals surface area contributed by atoms with Crippen LogP contribution in [0, 0.1) is 23.2 Å². The van der Waals surface area contributed by atoms with Gasteiger partial charge in [-0.3, -0.25) is 9.69 Å². The molecule has 2 heterocycles. The molecule has 4 aliphatic carbocycles. The van der Waals surface area contributed by atoms with Gasteiger partial charge in [-0.2, -0.15) is 13.2 Å². The molecule has 0 aromatic carbocycles. The lowest BCUT2D eigenvalue weighted by molar-refractivity contribution is -0.157. The smallest absolute Gasteiger partial charge is 0.417 e. The van der Waals surface area contributed by atoms with Gasteiger partial charge in [0.2, 0.25) is 11.8 Å². The standard InChI is InChI=1S/C22H31F3N4O2/c1-13(21-9-14-6-15(10-21)8-16(7-14)11-21)26-18(30)12-29-4-2-17(3-5-29)19-27-28-20(31-19)22(23,24)25/h13-17H,2-12H2,1H3,(H,26,30)/t13-,14?,15?,16?,21?/m1/s1. The summed E-state index contributed by atoms with van der Waals surface area (Å²) < 4.78 is 42.8. The van der Waals surface area contributed by atoms with Crippen LogP contribution in [0.2, 0.25) is 0 Å². The van der Waals surface area contributed by atoms with Crippen LogP contribution in [0.3, 0.4) is 0 Å². The fourth-order valence-corrected chi connectivity index (χ4v) is 7.20. The summed E-state index contributed by atoms with van der Waals surface area (Å²) in [6.07, 6.45) is 4.55. The molecular formula is C22H31F3N4O2. The van der Waals surface area contributed by atoms with E-state index >= 15 is 0 Å². The van der Waals surface area contributed by atoms with Gasteiger partial charge in [0.05, 0.1) is 6.54 Å². The van der Waals surface area contributed by atoms with Gasteiger partial charge in [-0.15, -0.1) is 10.2 Å². The molecule has 1 N–H and O–H groups in total. The van der Waals surface area contributed by atoms with Gasteiger partial charge in [-0.05, 0) is 94.5 Å². The molecule has 31 heavy (non-hydrogen) atoms. The molecule has 9 heteroatoms. The van der Waals surface area contributed by atoms with Crippen LogP contribution >= 0.6 is 0 Å². The minimum Gasteiger partial charge on any atom is -0.417 e. The number of alkyl halides is 3. The van der Waals surface area contributed by atoms with Crippen LogP contribution in [0.1, 0.15) is 76.0 Å². The Bertz CT molecular complexity index is 781. The van der Waals surface area contributed by atoms with Crippen molar-refractivity contribution in [3.05, 3.63) is 11.8 Å². The largest absolute Gasteiger partial charge is 0.470 e. The molecule has 0 spiro atoms. The van der Waals surface area contributed by atoms with Gasteiger partial charge in [0, 0.05) is 12.0 Å². The van der Waals surface area contributed by atoms with Crippen molar-refractivity contribution < 1.29 is 22.4 Å². The summed E-state index contributed by atoms with van der Waals surface area (Å²) in [5, 5.41) is 10.0. The van der Waals surface area contributed by atoms with E-state index in [0.717, 1.165) is 17.8 Å². The lowest BCUT2D eigenvalue weighted by atomic mass is 9.48. The van der Waals surface area contributed by atoms with E-state index in [1.54, 1.807) is 0 Å². The van der Waals surface area contributed by atoms with E-state index in [1.807, 2.05) is 0 Å². The van der Waals surface area contributed by atoms with Crippen molar-refractivity contribution in [3.8, 4) is 0 Å². The van der Waals surface area contributed by atoms with E-state index in [1.165, 1.54) is 38.5 Å². The summed E-state index contributed by atoms with van der Waals surface area (Å²) in [4.78, 5) is 14.8. The second-order valence-electron chi connectivity index (χ2n) is 10.6. The average Bonchev–Trinajstić information content (AvgIpc) is 3.18. The van der Waals surface area contributed by atoms with Crippen LogP contribution in [-0.4, -0.2) is 46.7 Å². The molecule has 1 atom stereocenters. The third kappa shape index (κ3) is 4.22. The summed E-state index contributed by atoms with van der Waals surface area (Å²) >= 11 is 0. The molecule has 4 bridgehead atoms. The minimum atomic E-state index is -4.61. The molecule has 1 aromatic rings. The van der Waals surface area contributed by atoms with Crippen molar-refractivity contribution in [2.24, 2.45) is 23.2 Å². The molecule has 5 aliphatic rings. The van der Waals surface area contributed by atoms with Crippen LogP contribution in [0.4, 0.5) is 13.2 Å². The van der Waals surface area contributed by atoms with Crippen molar-refractivity contribution >= 4 is 5.91 Å². The Morgan fingerprint density at radius 1 is 1.13 bits per heavy atom. The van der Waals surface area contributed by atoms with E-state index in [2.05, 4.69) is 27.3 Å². The third-order valence-corrected chi connectivity index (χ3v) is 8.37. The predicted octanol–water partition coefficient (Wildman–Crippen LogP) is 3.99. The van der Waals surface area contributed by atoms with Crippen molar-refractivity contribution in [1.29, 1.82) is 0 Å². The van der Waals surface area contributed by atoms with Gasteiger partial charge in [0.1, 0.15) is 0 Å². The highest BCUT2D eigenvalue weighted by molar-refractivity contribution is 5.78. The van der Waals surface area contributed by atoms with Gasteiger partial charge in [-0.1, -0.05) is 0 Å². The molecule has 1 amide bonds. The molecule has 1 aromatic heterocycles. The third-order valence-electron chi connectivity index (χ3n) is 8.37. The Morgan fingerprint density at radius 2 is 1.71 bits per heavy atom. The maximum absolute atomic E-state index is 12.8. The number of amides is 1. The fourth-order valence-electron chi connectivity index (χ4n) is 7.20. The molecule has 4 saturated carbocycles. The van der Waals surface area contributed by atoms with Crippen LogP contribution in [0.5, 0.6) is 0 Å². The SMILES string of the molecule is C[C@@H](NC(=O)CN1CCC(c2nnc(C(F)(F)F)o2)CC1)C12CC3CC(CC(C3)C1)C2. The molecular weight excluding hydrogens is 409 g/mol. The lowest BCUT2D eigenvalue weighted by Gasteiger charge is -2.59. The molecule has 0 unspecified atom stereocenters. The molecule has 1 aliphatic heterocycles. The highest BCUT2D eigenvalue weighted by atomic mass is 19.4. The first-order chi connectivity index (χ1) is 14.7. The van der Waals surface area contributed by atoms with E-state index < -0.39 is 12.1 Å². The number of hydrogen-bond acceptors (Lipinski definition) is 5. The zero-order valence-corrected chi connectivity index (χ0v) is 18.0. The van der Waals surface area contributed by atoms with E-state index in [4.69, 9.17) is 4.42 Å². The van der Waals surface area contributed by atoms with Gasteiger partial charge < -0.3 is 9.73 Å². The molecule has 1 saturated heterocycles. The zero-order chi connectivity index (χ0) is 21.8. The Balaban J connectivity index is 1.11. The number of hydrogen-bond donors (Lipinski definition) is 1. The number of carbonyl (C=O) groups excluding carboxylic acids is 1. The molecule has 5 fully saturated rings. The Labute approximate surface area is 180 Å². The normalized spacial score (nSPS) is 34.8. The minimum absolute atomic E-state index is 0.0480. The van der Waals surface area contributed by atoms with Gasteiger partial charge in [0.15, 0.2) is 0 Å². The molecule has 172 valence electrons. The highest BCUT2D eigenvalue weighted by Crippen LogP contribution is 2.61. The van der Waals surface area contributed by atoms with Crippen LogP contribution in [-0.2, 0) is 11.0 Å². The second-order valence-corrected chi connectivity index (χ2v) is 10.6. The summed E-state index contributed by atoms with van der Waals surface area (Å²) in [7, 11) is 0. The average molecular weight is 441 g/mol. The number of piperidine rings is 1. The first-order valence-electron chi connectivity index (χ1n) is 11.6. The maximum Gasteiger partial charge on any atom is 0.470 e. The molecule has 0 radical (unpaired) electrons. The first kappa shape index (κ1) is 21.2. The van der Waals surface area contributed by atoms with E-state index in [9.17, 15) is 18.0 Å². The van der Waals surface area contributed by atoms with Gasteiger partial charge in [-0.25, -0.2) is 0 Å². The van der Waals surface area contributed by atoms with E-state index in [0.29, 0.717) is 32.5 Å². The van der Waals surface area contributed by atoms with Crippen molar-refractivity contribution in [2.45, 2.75) is 76.4 Å². The molecule has 6 nitrogen and oxygen atoms in total. The number of nitrogens with one attached hydrogen (secondary N) is 1. The second kappa shape index (κ2) is 7.74. The van der Waals surface area contributed by atoms with Crippen LogP contribution in [0.15, 0.2) is 4.42 Å². The summed E-state index contributed by atoms with van der Waals surface area (Å²) in [6.45, 7) is 3.78. The number of carbonyl (C=O) groups is 1. The number of nitrogens with zero attached hydrogens (tertiary/aromatic N) is 3. The van der Waals surface area contributed by atoms with Gasteiger partial charge >= 0.3 is 12.1 Å². The van der Waals surface area contributed by atoms with Crippen LogP contribution in [0.25, 0.3) is 0 Å². The summed E-state index contributed by atoms with van der Waals surface area (Å²) in [5.74, 6) is 1.19. The Kier molecular flexibility index (Phi) is 5.30. The Hall–Kier alpha value is -1.64. The maximum atomic E-state index is 12.8. The van der Waals surface area contributed by atoms with Gasteiger partial charge in [0.25, 0.3) is 0 Å². The number of rotatable bonds is 5. The quantitative estimate of drug-likeness (QED) is 0.750. The number of aromatic nitrogens is 2.